The Bertz CT molecular complexity index is 1210. The number of aliphatic hydroxyl groups excluding tert-OH is 1. The maximum absolute atomic E-state index is 13.7. The molecule has 0 saturated carbocycles. The van der Waals surface area contributed by atoms with E-state index in [1.54, 1.807) is 25.1 Å². The summed E-state index contributed by atoms with van der Waals surface area (Å²) in [7, 11) is -4.31. The molecule has 0 amide bonds. The number of hydrogen-bond donors (Lipinski definition) is 3. The van der Waals surface area contributed by atoms with E-state index in [9.17, 15) is 24.1 Å². The standard InChI is InChI=1S/C21H26BrClN3O9P/c1-4-32-18(29)20(2,3)25-36(31,35-13-8-6-5-7-9-13)33-12-14-16(28)21(22,23)17(34-14)26-15(27)10-11-24-19(26)30/h5-11,14,16-17,28H,4,12H2,1-3H3,(H,24,30)(H,25,31)/t14-,16-,17-,21+,36?/m1/s1. The van der Waals surface area contributed by atoms with Crippen molar-refractivity contribution in [1.29, 1.82) is 0 Å². The number of nitrogens with one attached hydrogen (secondary N) is 2. The fraction of sp³-hybridized carbons (Fsp3) is 0.476. The smallest absolute Gasteiger partial charge is 0.459 e. The van der Waals surface area contributed by atoms with Crippen LogP contribution < -0.4 is 20.9 Å². The number of carbonyl (C=O) groups is 1. The van der Waals surface area contributed by atoms with Gasteiger partial charge < -0.3 is 24.1 Å². The molecule has 1 saturated heterocycles. The molecule has 2 aromatic rings. The van der Waals surface area contributed by atoms with Gasteiger partial charge in [0.1, 0.15) is 23.5 Å². The number of para-hydroxylation sites is 1. The Kier molecular flexibility index (Phi) is 8.87. The number of carbonyl (C=O) groups excluding carboxylic acids is 1. The number of benzene rings is 1. The summed E-state index contributed by atoms with van der Waals surface area (Å²) < 4.78 is 34.5. The zero-order valence-corrected chi connectivity index (χ0v) is 22.8. The van der Waals surface area contributed by atoms with E-state index in [1.807, 2.05) is 0 Å². The third-order valence-corrected chi connectivity index (χ3v) is 8.13. The van der Waals surface area contributed by atoms with Gasteiger partial charge in [0, 0.05) is 12.3 Å². The number of aromatic amines is 1. The van der Waals surface area contributed by atoms with E-state index in [0.717, 1.165) is 12.3 Å². The average molecular weight is 611 g/mol. The summed E-state index contributed by atoms with van der Waals surface area (Å²) in [4.78, 5) is 39.2. The molecule has 15 heteroatoms. The number of aliphatic hydroxyl groups is 1. The third kappa shape index (κ3) is 6.28. The summed E-state index contributed by atoms with van der Waals surface area (Å²) in [5.41, 5.74) is -3.03. The maximum atomic E-state index is 13.7. The summed E-state index contributed by atoms with van der Waals surface area (Å²) in [5.74, 6) is -0.529. The summed E-state index contributed by atoms with van der Waals surface area (Å²) in [5, 5.41) is 13.3. The van der Waals surface area contributed by atoms with E-state index in [4.69, 9.17) is 30.1 Å². The van der Waals surface area contributed by atoms with E-state index in [2.05, 4.69) is 26.0 Å². The van der Waals surface area contributed by atoms with Gasteiger partial charge in [-0.05, 0) is 32.9 Å². The van der Waals surface area contributed by atoms with Crippen LogP contribution in [-0.4, -0.2) is 55.4 Å². The highest BCUT2D eigenvalue weighted by molar-refractivity contribution is 9.10. The summed E-state index contributed by atoms with van der Waals surface area (Å²) >= 11 is 9.54. The molecular formula is C21H26BrClN3O9P. The molecule has 1 unspecified atom stereocenters. The zero-order valence-electron chi connectivity index (χ0n) is 19.6. The van der Waals surface area contributed by atoms with Crippen molar-refractivity contribution in [3.63, 3.8) is 0 Å². The van der Waals surface area contributed by atoms with Crippen LogP contribution in [-0.2, 0) is 23.4 Å². The summed E-state index contributed by atoms with van der Waals surface area (Å²) in [6.07, 6.45) is -3.08. The van der Waals surface area contributed by atoms with Gasteiger partial charge in [-0.1, -0.05) is 45.7 Å². The van der Waals surface area contributed by atoms with Crippen LogP contribution in [0.4, 0.5) is 0 Å². The molecule has 1 fully saturated rings. The van der Waals surface area contributed by atoms with Gasteiger partial charge in [-0.15, -0.1) is 0 Å². The molecule has 1 aromatic heterocycles. The van der Waals surface area contributed by atoms with Gasteiger partial charge in [-0.3, -0.25) is 14.1 Å². The van der Waals surface area contributed by atoms with Crippen molar-refractivity contribution in [3.05, 3.63) is 63.4 Å². The molecule has 0 radical (unpaired) electrons. The van der Waals surface area contributed by atoms with Crippen LogP contribution >= 0.6 is 35.3 Å². The Morgan fingerprint density at radius 2 is 2.00 bits per heavy atom. The van der Waals surface area contributed by atoms with Crippen LogP contribution in [0.1, 0.15) is 27.0 Å². The molecule has 0 spiro atoms. The van der Waals surface area contributed by atoms with Crippen LogP contribution in [0, 0.1) is 0 Å². The molecule has 1 aliphatic rings. The molecule has 3 N–H and O–H groups in total. The maximum Gasteiger partial charge on any atom is 0.459 e. The molecule has 36 heavy (non-hydrogen) atoms. The number of aromatic nitrogens is 2. The predicted octanol–water partition coefficient (Wildman–Crippen LogP) is 2.26. The lowest BCUT2D eigenvalue weighted by Crippen LogP contribution is -2.47. The highest BCUT2D eigenvalue weighted by Gasteiger charge is 2.56. The Morgan fingerprint density at radius 1 is 1.33 bits per heavy atom. The van der Waals surface area contributed by atoms with Crippen molar-refractivity contribution in [2.24, 2.45) is 0 Å². The van der Waals surface area contributed by atoms with Crippen molar-refractivity contribution in [2.75, 3.05) is 13.2 Å². The lowest BCUT2D eigenvalue weighted by atomic mass is 10.1. The molecule has 2 heterocycles. The van der Waals surface area contributed by atoms with Crippen LogP contribution in [0.25, 0.3) is 0 Å². The van der Waals surface area contributed by atoms with Gasteiger partial charge in [-0.2, -0.15) is 5.09 Å². The Balaban J connectivity index is 1.85. The fourth-order valence-electron chi connectivity index (χ4n) is 3.32. The monoisotopic (exact) mass is 609 g/mol. The van der Waals surface area contributed by atoms with Crippen molar-refractivity contribution in [3.8, 4) is 5.75 Å². The summed E-state index contributed by atoms with van der Waals surface area (Å²) in [6, 6.07) is 9.16. The van der Waals surface area contributed by atoms with Crippen molar-refractivity contribution >= 4 is 41.2 Å². The van der Waals surface area contributed by atoms with Gasteiger partial charge in [0.05, 0.1) is 13.2 Å². The number of halogens is 2. The number of alkyl halides is 2. The fourth-order valence-corrected chi connectivity index (χ4v) is 5.90. The molecule has 3 rings (SSSR count). The highest BCUT2D eigenvalue weighted by Crippen LogP contribution is 2.50. The minimum Gasteiger partial charge on any atom is -0.465 e. The average Bonchev–Trinajstić information content (AvgIpc) is 3.01. The quantitative estimate of drug-likeness (QED) is 0.207. The normalized spacial score (nSPS) is 25.8. The minimum atomic E-state index is -4.31. The van der Waals surface area contributed by atoms with Gasteiger partial charge in [0.2, 0.25) is 0 Å². The molecule has 1 aliphatic heterocycles. The van der Waals surface area contributed by atoms with Gasteiger partial charge >= 0.3 is 19.4 Å². The number of rotatable bonds is 10. The largest absolute Gasteiger partial charge is 0.465 e. The number of esters is 1. The molecular weight excluding hydrogens is 585 g/mol. The van der Waals surface area contributed by atoms with E-state index >= 15 is 0 Å². The van der Waals surface area contributed by atoms with Crippen LogP contribution in [0.3, 0.4) is 0 Å². The first-order valence-corrected chi connectivity index (χ1v) is 13.5. The Hall–Kier alpha value is -1.99. The first kappa shape index (κ1) is 28.6. The van der Waals surface area contributed by atoms with Gasteiger partial charge in [0.25, 0.3) is 5.56 Å². The lowest BCUT2D eigenvalue weighted by Gasteiger charge is -2.29. The number of hydrogen-bond acceptors (Lipinski definition) is 9. The molecule has 5 atom stereocenters. The summed E-state index contributed by atoms with van der Waals surface area (Å²) in [6.45, 7) is 4.03. The molecule has 198 valence electrons. The Morgan fingerprint density at radius 3 is 2.61 bits per heavy atom. The van der Waals surface area contributed by atoms with E-state index in [-0.39, 0.29) is 12.4 Å². The van der Waals surface area contributed by atoms with Gasteiger partial charge in [0.15, 0.2) is 10.0 Å². The van der Waals surface area contributed by atoms with Gasteiger partial charge in [-0.25, -0.2) is 13.9 Å². The van der Waals surface area contributed by atoms with E-state index in [1.165, 1.54) is 26.0 Å². The first-order chi connectivity index (χ1) is 16.8. The van der Waals surface area contributed by atoms with Crippen molar-refractivity contribution in [2.45, 2.75) is 48.5 Å². The van der Waals surface area contributed by atoms with Crippen LogP contribution in [0.15, 0.2) is 52.2 Å². The lowest BCUT2D eigenvalue weighted by molar-refractivity contribution is -0.149. The molecule has 12 nitrogen and oxygen atoms in total. The number of H-pyrrole nitrogens is 1. The second-order valence-corrected chi connectivity index (χ2v) is 12.3. The number of nitrogens with zero attached hydrogens (tertiary/aromatic N) is 1. The van der Waals surface area contributed by atoms with Crippen LogP contribution in [0.5, 0.6) is 5.75 Å². The highest BCUT2D eigenvalue weighted by atomic mass is 79.9. The van der Waals surface area contributed by atoms with Crippen molar-refractivity contribution < 1.29 is 33.0 Å². The number of ether oxygens (including phenoxy) is 2. The van der Waals surface area contributed by atoms with Crippen LogP contribution in [0.2, 0.25) is 0 Å². The van der Waals surface area contributed by atoms with E-state index < -0.39 is 59.3 Å². The molecule has 1 aromatic carbocycles. The predicted molar refractivity (Wildman–Crippen MR) is 133 cm³/mol. The zero-order chi connectivity index (χ0) is 26.7. The minimum absolute atomic E-state index is 0.0964. The Labute approximate surface area is 219 Å². The van der Waals surface area contributed by atoms with E-state index in [0.29, 0.717) is 4.57 Å². The molecule has 0 aliphatic carbocycles. The SMILES string of the molecule is CCOC(=O)C(C)(C)NP(=O)(OC[C@H]1O[C@@H](n2c(=O)cc[nH]c2=O)[C@](Cl)(Br)[C@@H]1O)Oc1ccccc1. The second kappa shape index (κ2) is 11.2. The molecule has 0 bridgehead atoms. The van der Waals surface area contributed by atoms with Crippen molar-refractivity contribution in [1.82, 2.24) is 14.6 Å². The topological polar surface area (TPSA) is 158 Å². The second-order valence-electron chi connectivity index (χ2n) is 8.29. The third-order valence-electron chi connectivity index (χ3n) is 5.08. The first-order valence-electron chi connectivity index (χ1n) is 10.8.